The first-order valence-corrected chi connectivity index (χ1v) is 25.6. The number of rotatable bonds is 25. The standard InChI is InChI=1S/C60H78O4/c1-9-17-25-41(13-5)37-43-33-35-51-53(39-43)55(47-29-21-23-31-49(47)57(51)63-59(61)45(15-7)27-19-11-3)56-48-30-22-24-32-50(48)58(64-60(62)46(16-8)28-20-12-4)52-36-34-44(40-54(52)56)38-42(14-6)26-18-10-2/h21-24,29-36,39-42,45-46H,9-20,25-28,37-38H2,1-8H3. The Morgan fingerprint density at radius 3 is 1.09 bits per heavy atom. The molecular weight excluding hydrogens is 785 g/mol. The third-order valence-corrected chi connectivity index (χ3v) is 14.3. The summed E-state index contributed by atoms with van der Waals surface area (Å²) in [5.74, 6) is 1.88. The maximum atomic E-state index is 14.2. The van der Waals surface area contributed by atoms with Gasteiger partial charge >= 0.3 is 11.9 Å². The predicted molar refractivity (Wildman–Crippen MR) is 274 cm³/mol. The molecule has 0 fully saturated rings. The van der Waals surface area contributed by atoms with Gasteiger partial charge in [0.25, 0.3) is 0 Å². The monoisotopic (exact) mass is 863 g/mol. The quantitative estimate of drug-likeness (QED) is 0.0327. The molecule has 0 saturated heterocycles. The molecule has 0 aliphatic heterocycles. The van der Waals surface area contributed by atoms with Gasteiger partial charge in [0.1, 0.15) is 11.5 Å². The molecule has 6 aromatic rings. The lowest BCUT2D eigenvalue weighted by atomic mass is 9.83. The number of benzene rings is 6. The van der Waals surface area contributed by atoms with Gasteiger partial charge in [-0.05, 0) is 94.2 Å². The highest BCUT2D eigenvalue weighted by Gasteiger charge is 2.28. The van der Waals surface area contributed by atoms with E-state index >= 15 is 0 Å². The molecule has 4 heteroatoms. The van der Waals surface area contributed by atoms with Crippen molar-refractivity contribution in [2.45, 2.75) is 171 Å². The van der Waals surface area contributed by atoms with Crippen LogP contribution >= 0.6 is 0 Å². The number of unbranched alkanes of at least 4 members (excludes halogenated alkanes) is 4. The van der Waals surface area contributed by atoms with E-state index in [2.05, 4.69) is 140 Å². The van der Waals surface area contributed by atoms with Crippen molar-refractivity contribution < 1.29 is 19.1 Å². The van der Waals surface area contributed by atoms with Crippen molar-refractivity contribution in [2.24, 2.45) is 23.7 Å². The zero-order valence-corrected chi connectivity index (χ0v) is 40.8. The van der Waals surface area contributed by atoms with Crippen LogP contribution in [0.25, 0.3) is 54.2 Å². The maximum absolute atomic E-state index is 14.2. The van der Waals surface area contributed by atoms with Gasteiger partial charge in [-0.25, -0.2) is 0 Å². The van der Waals surface area contributed by atoms with Crippen molar-refractivity contribution >= 4 is 55.0 Å². The number of fused-ring (bicyclic) bond motifs is 4. The second-order valence-electron chi connectivity index (χ2n) is 18.8. The third kappa shape index (κ3) is 11.2. The van der Waals surface area contributed by atoms with E-state index in [9.17, 15) is 9.59 Å². The Hall–Kier alpha value is -4.70. The van der Waals surface area contributed by atoms with E-state index in [-0.39, 0.29) is 23.8 Å². The minimum absolute atomic E-state index is 0.144. The molecule has 342 valence electrons. The number of esters is 2. The molecule has 0 aliphatic carbocycles. The molecular formula is C60H78O4. The molecule has 0 spiro atoms. The Morgan fingerprint density at radius 1 is 0.406 bits per heavy atom. The third-order valence-electron chi connectivity index (χ3n) is 14.3. The second kappa shape index (κ2) is 24.0. The van der Waals surface area contributed by atoms with E-state index < -0.39 is 0 Å². The first-order valence-electron chi connectivity index (χ1n) is 25.6. The molecule has 64 heavy (non-hydrogen) atoms. The number of carbonyl (C=O) groups is 2. The average Bonchev–Trinajstić information content (AvgIpc) is 3.32. The van der Waals surface area contributed by atoms with Crippen LogP contribution in [0.15, 0.2) is 84.9 Å². The van der Waals surface area contributed by atoms with Gasteiger partial charge < -0.3 is 9.47 Å². The summed E-state index contributed by atoms with van der Waals surface area (Å²) < 4.78 is 13.4. The molecule has 0 aliphatic rings. The van der Waals surface area contributed by atoms with Gasteiger partial charge in [0.2, 0.25) is 0 Å². The van der Waals surface area contributed by atoms with Crippen LogP contribution in [-0.2, 0) is 22.4 Å². The van der Waals surface area contributed by atoms with Crippen LogP contribution in [0.5, 0.6) is 11.5 Å². The van der Waals surface area contributed by atoms with Crippen LogP contribution in [0.2, 0.25) is 0 Å². The fraction of sp³-hybridized carbons (Fsp3) is 0.500. The fourth-order valence-corrected chi connectivity index (χ4v) is 10.2. The average molecular weight is 863 g/mol. The highest BCUT2D eigenvalue weighted by Crippen LogP contribution is 2.51. The molecule has 0 bridgehead atoms. The van der Waals surface area contributed by atoms with Crippen molar-refractivity contribution in [1.82, 2.24) is 0 Å². The molecule has 4 nitrogen and oxygen atoms in total. The van der Waals surface area contributed by atoms with E-state index in [1.807, 2.05) is 0 Å². The fourth-order valence-electron chi connectivity index (χ4n) is 10.2. The molecule has 0 saturated carbocycles. The van der Waals surface area contributed by atoms with E-state index in [1.165, 1.54) is 49.7 Å². The maximum Gasteiger partial charge on any atom is 0.314 e. The van der Waals surface area contributed by atoms with Gasteiger partial charge in [-0.1, -0.05) is 217 Å². The SMILES string of the molecule is CCCCC(CC)Cc1ccc2c(OC(=O)C(CC)CCCC)c3ccccc3c(-c3c4ccccc4c(OC(=O)C(CC)CCCC)c4ccc(CC(CC)CCCC)cc34)c2c1. The zero-order chi connectivity index (χ0) is 45.6. The molecule has 4 atom stereocenters. The zero-order valence-electron chi connectivity index (χ0n) is 40.8. The molecule has 0 amide bonds. The predicted octanol–water partition coefficient (Wildman–Crippen LogP) is 17.7. The highest BCUT2D eigenvalue weighted by atomic mass is 16.5. The highest BCUT2D eigenvalue weighted by molar-refractivity contribution is 6.27. The molecule has 6 rings (SSSR count). The Balaban J connectivity index is 1.72. The van der Waals surface area contributed by atoms with Crippen LogP contribution in [0.3, 0.4) is 0 Å². The topological polar surface area (TPSA) is 52.6 Å². The van der Waals surface area contributed by atoms with E-state index in [0.29, 0.717) is 23.3 Å². The number of carbonyl (C=O) groups excluding carboxylic acids is 2. The summed E-state index contributed by atoms with van der Waals surface area (Å²) in [4.78, 5) is 28.4. The summed E-state index contributed by atoms with van der Waals surface area (Å²) in [6, 6.07) is 30.9. The summed E-state index contributed by atoms with van der Waals surface area (Å²) in [6.07, 6.45) is 18.7. The van der Waals surface area contributed by atoms with Gasteiger partial charge in [0, 0.05) is 21.5 Å². The van der Waals surface area contributed by atoms with Crippen molar-refractivity contribution in [3.05, 3.63) is 96.1 Å². The van der Waals surface area contributed by atoms with E-state index in [0.717, 1.165) is 131 Å². The lowest BCUT2D eigenvalue weighted by molar-refractivity contribution is -0.140. The smallest absolute Gasteiger partial charge is 0.314 e. The Labute approximate surface area is 385 Å². The first-order chi connectivity index (χ1) is 31.2. The summed E-state index contributed by atoms with van der Waals surface area (Å²) in [5.41, 5.74) is 4.88. The lowest BCUT2D eigenvalue weighted by Crippen LogP contribution is -2.20. The van der Waals surface area contributed by atoms with E-state index in [1.54, 1.807) is 0 Å². The molecule has 0 aromatic heterocycles. The molecule has 0 N–H and O–H groups in total. The Kier molecular flexibility index (Phi) is 18.3. The number of hydrogen-bond acceptors (Lipinski definition) is 4. The molecule has 0 heterocycles. The van der Waals surface area contributed by atoms with Gasteiger partial charge in [-0.3, -0.25) is 9.59 Å². The van der Waals surface area contributed by atoms with Crippen LogP contribution in [0.1, 0.15) is 169 Å². The molecule has 6 aromatic carbocycles. The van der Waals surface area contributed by atoms with Crippen LogP contribution in [0.4, 0.5) is 0 Å². The Morgan fingerprint density at radius 2 is 0.750 bits per heavy atom. The Bertz CT molecular complexity index is 2300. The normalized spacial score (nSPS) is 13.7. The lowest BCUT2D eigenvalue weighted by Gasteiger charge is -2.24. The van der Waals surface area contributed by atoms with Crippen LogP contribution in [-0.4, -0.2) is 11.9 Å². The largest absolute Gasteiger partial charge is 0.425 e. The second-order valence-corrected chi connectivity index (χ2v) is 18.8. The summed E-state index contributed by atoms with van der Waals surface area (Å²) in [5, 5.41) is 8.06. The minimum Gasteiger partial charge on any atom is -0.425 e. The number of ether oxygens (including phenoxy) is 2. The summed E-state index contributed by atoms with van der Waals surface area (Å²) in [6.45, 7) is 17.8. The van der Waals surface area contributed by atoms with Crippen molar-refractivity contribution in [3.63, 3.8) is 0 Å². The van der Waals surface area contributed by atoms with Gasteiger partial charge in [-0.15, -0.1) is 0 Å². The number of hydrogen-bond donors (Lipinski definition) is 0. The van der Waals surface area contributed by atoms with Crippen molar-refractivity contribution in [2.75, 3.05) is 0 Å². The van der Waals surface area contributed by atoms with Crippen LogP contribution in [0, 0.1) is 23.7 Å². The minimum atomic E-state index is -0.156. The van der Waals surface area contributed by atoms with Gasteiger partial charge in [0.05, 0.1) is 11.8 Å². The first kappa shape index (κ1) is 48.7. The van der Waals surface area contributed by atoms with Gasteiger partial charge in [-0.2, -0.15) is 0 Å². The van der Waals surface area contributed by atoms with Crippen molar-refractivity contribution in [3.8, 4) is 22.6 Å². The molecule has 4 unspecified atom stereocenters. The summed E-state index contributed by atoms with van der Waals surface area (Å²) >= 11 is 0. The van der Waals surface area contributed by atoms with E-state index in [4.69, 9.17) is 9.47 Å². The van der Waals surface area contributed by atoms with Crippen molar-refractivity contribution in [1.29, 1.82) is 0 Å². The van der Waals surface area contributed by atoms with Gasteiger partial charge in [0.15, 0.2) is 0 Å². The van der Waals surface area contributed by atoms with Crippen LogP contribution < -0.4 is 9.47 Å². The summed E-state index contributed by atoms with van der Waals surface area (Å²) in [7, 11) is 0. The molecule has 0 radical (unpaired) electrons.